The third-order valence-electron chi connectivity index (χ3n) is 5.28. The molecule has 0 aliphatic heterocycles. The molecule has 4 aromatic rings. The zero-order valence-corrected chi connectivity index (χ0v) is 19.5. The number of nitrogens with two attached hydrogens (primary N) is 1. The van der Waals surface area contributed by atoms with Gasteiger partial charge in [0.25, 0.3) is 5.91 Å². The van der Waals surface area contributed by atoms with E-state index in [2.05, 4.69) is 15.6 Å². The van der Waals surface area contributed by atoms with Crippen LogP contribution in [0.5, 0.6) is 11.5 Å². The first-order chi connectivity index (χ1) is 17.1. The third kappa shape index (κ3) is 6.51. The van der Waals surface area contributed by atoms with Crippen LogP contribution in [0, 0.1) is 0 Å². The summed E-state index contributed by atoms with van der Waals surface area (Å²) in [5.41, 5.74) is 10.5. The van der Waals surface area contributed by atoms with Crippen LogP contribution in [0.2, 0.25) is 0 Å². The number of amides is 1. The summed E-state index contributed by atoms with van der Waals surface area (Å²) >= 11 is 0. The van der Waals surface area contributed by atoms with E-state index in [1.807, 2.05) is 61.5 Å². The molecule has 1 amide bonds. The SMILES string of the molecule is CCOc1ccc(NCc2ccc(C(=O)Nc3ccccc3N)cc2)cc1OCc1cccnc1. The van der Waals surface area contributed by atoms with E-state index >= 15 is 0 Å². The van der Waals surface area contributed by atoms with Crippen LogP contribution in [0.25, 0.3) is 0 Å². The Bertz CT molecular complexity index is 1260. The van der Waals surface area contributed by atoms with Crippen LogP contribution in [0.4, 0.5) is 17.1 Å². The van der Waals surface area contributed by atoms with E-state index in [1.165, 1.54) is 0 Å². The van der Waals surface area contributed by atoms with Crippen molar-refractivity contribution in [1.82, 2.24) is 4.98 Å². The number of carbonyl (C=O) groups is 1. The van der Waals surface area contributed by atoms with Crippen molar-refractivity contribution in [1.29, 1.82) is 0 Å². The van der Waals surface area contributed by atoms with Gasteiger partial charge in [0.05, 0.1) is 18.0 Å². The zero-order valence-electron chi connectivity index (χ0n) is 19.5. The molecule has 178 valence electrons. The highest BCUT2D eigenvalue weighted by atomic mass is 16.5. The van der Waals surface area contributed by atoms with Crippen LogP contribution in [0.1, 0.15) is 28.4 Å². The lowest BCUT2D eigenvalue weighted by Gasteiger charge is -2.14. The van der Waals surface area contributed by atoms with Gasteiger partial charge in [0, 0.05) is 41.8 Å². The Morgan fingerprint density at radius 2 is 1.74 bits per heavy atom. The van der Waals surface area contributed by atoms with Crippen molar-refractivity contribution in [2.75, 3.05) is 23.0 Å². The van der Waals surface area contributed by atoms with E-state index in [4.69, 9.17) is 15.2 Å². The minimum atomic E-state index is -0.204. The average molecular weight is 469 g/mol. The lowest BCUT2D eigenvalue weighted by atomic mass is 10.1. The van der Waals surface area contributed by atoms with E-state index in [-0.39, 0.29) is 5.91 Å². The minimum absolute atomic E-state index is 0.204. The molecule has 0 atom stereocenters. The molecule has 0 saturated heterocycles. The molecule has 4 N–H and O–H groups in total. The van der Waals surface area contributed by atoms with Gasteiger partial charge in [-0.3, -0.25) is 9.78 Å². The molecule has 0 spiro atoms. The van der Waals surface area contributed by atoms with Crippen molar-refractivity contribution in [2.45, 2.75) is 20.1 Å². The van der Waals surface area contributed by atoms with Crippen LogP contribution in [0.3, 0.4) is 0 Å². The van der Waals surface area contributed by atoms with Crippen LogP contribution < -0.4 is 25.8 Å². The zero-order chi connectivity index (χ0) is 24.5. The number of rotatable bonds is 10. The fraction of sp³-hybridized carbons (Fsp3) is 0.143. The normalized spacial score (nSPS) is 10.4. The summed E-state index contributed by atoms with van der Waals surface area (Å²) in [4.78, 5) is 16.7. The van der Waals surface area contributed by atoms with Gasteiger partial charge in [-0.1, -0.05) is 30.3 Å². The van der Waals surface area contributed by atoms with Gasteiger partial charge in [-0.05, 0) is 55.0 Å². The largest absolute Gasteiger partial charge is 0.490 e. The molecule has 7 heteroatoms. The molecule has 35 heavy (non-hydrogen) atoms. The Labute approximate surface area is 204 Å². The van der Waals surface area contributed by atoms with Crippen LogP contribution in [-0.2, 0) is 13.2 Å². The highest BCUT2D eigenvalue weighted by molar-refractivity contribution is 6.05. The van der Waals surface area contributed by atoms with Gasteiger partial charge in [0.15, 0.2) is 11.5 Å². The average Bonchev–Trinajstić information content (AvgIpc) is 2.89. The number of hydrogen-bond acceptors (Lipinski definition) is 6. The summed E-state index contributed by atoms with van der Waals surface area (Å²) in [6.07, 6.45) is 3.51. The summed E-state index contributed by atoms with van der Waals surface area (Å²) in [6.45, 7) is 3.47. The van der Waals surface area contributed by atoms with E-state index in [1.54, 1.807) is 36.7 Å². The number of carbonyl (C=O) groups excluding carboxylic acids is 1. The molecule has 0 fully saturated rings. The van der Waals surface area contributed by atoms with E-state index in [0.29, 0.717) is 48.2 Å². The fourth-order valence-corrected chi connectivity index (χ4v) is 3.43. The smallest absolute Gasteiger partial charge is 0.255 e. The molecule has 7 nitrogen and oxygen atoms in total. The predicted molar refractivity (Wildman–Crippen MR) is 139 cm³/mol. The number of anilines is 3. The summed E-state index contributed by atoms with van der Waals surface area (Å²) in [6, 6.07) is 24.2. The maximum Gasteiger partial charge on any atom is 0.255 e. The third-order valence-corrected chi connectivity index (χ3v) is 5.28. The summed E-state index contributed by atoms with van der Waals surface area (Å²) in [7, 11) is 0. The Hall–Kier alpha value is -4.52. The molecule has 1 heterocycles. The highest BCUT2D eigenvalue weighted by Crippen LogP contribution is 2.31. The number of nitrogens with zero attached hydrogens (tertiary/aromatic N) is 1. The Morgan fingerprint density at radius 3 is 2.49 bits per heavy atom. The molecular formula is C28H28N4O3. The second-order valence-electron chi connectivity index (χ2n) is 7.84. The maximum atomic E-state index is 12.5. The number of pyridine rings is 1. The second-order valence-corrected chi connectivity index (χ2v) is 7.84. The first-order valence-electron chi connectivity index (χ1n) is 11.4. The number of para-hydroxylation sites is 2. The first kappa shape index (κ1) is 23.6. The number of nitrogen functional groups attached to an aromatic ring is 1. The van der Waals surface area contributed by atoms with E-state index < -0.39 is 0 Å². The molecule has 0 aliphatic carbocycles. The Kier molecular flexibility index (Phi) is 7.81. The van der Waals surface area contributed by atoms with Gasteiger partial charge in [-0.15, -0.1) is 0 Å². The molecule has 0 aliphatic rings. The van der Waals surface area contributed by atoms with Gasteiger partial charge in [-0.2, -0.15) is 0 Å². The van der Waals surface area contributed by atoms with E-state index in [0.717, 1.165) is 16.8 Å². The molecular weight excluding hydrogens is 440 g/mol. The standard InChI is InChI=1S/C28H28N4O3/c1-2-34-26-14-13-23(16-27(26)35-19-21-6-5-15-30-17-21)31-18-20-9-11-22(12-10-20)28(33)32-25-8-4-3-7-24(25)29/h3-17,31H,2,18-19,29H2,1H3,(H,32,33). The van der Waals surface area contributed by atoms with Crippen molar-refractivity contribution in [3.05, 3.63) is 108 Å². The van der Waals surface area contributed by atoms with Gasteiger partial charge < -0.3 is 25.8 Å². The van der Waals surface area contributed by atoms with Crippen LogP contribution in [0.15, 0.2) is 91.3 Å². The molecule has 0 unspecified atom stereocenters. The van der Waals surface area contributed by atoms with Crippen LogP contribution in [-0.4, -0.2) is 17.5 Å². The number of nitrogens with one attached hydrogen (secondary N) is 2. The lowest BCUT2D eigenvalue weighted by molar-refractivity contribution is 0.102. The monoisotopic (exact) mass is 468 g/mol. The summed E-state index contributed by atoms with van der Waals surface area (Å²) in [5.74, 6) is 1.15. The van der Waals surface area contributed by atoms with Gasteiger partial charge in [0.1, 0.15) is 6.61 Å². The highest BCUT2D eigenvalue weighted by Gasteiger charge is 2.09. The van der Waals surface area contributed by atoms with Gasteiger partial charge in [0.2, 0.25) is 0 Å². The first-order valence-corrected chi connectivity index (χ1v) is 11.4. The van der Waals surface area contributed by atoms with Crippen molar-refractivity contribution in [3.8, 4) is 11.5 Å². The number of benzene rings is 3. The Balaban J connectivity index is 1.37. The minimum Gasteiger partial charge on any atom is -0.490 e. The van der Waals surface area contributed by atoms with Crippen molar-refractivity contribution >= 4 is 23.0 Å². The van der Waals surface area contributed by atoms with Crippen molar-refractivity contribution < 1.29 is 14.3 Å². The predicted octanol–water partition coefficient (Wildman–Crippen LogP) is 5.51. The molecule has 3 aromatic carbocycles. The lowest BCUT2D eigenvalue weighted by Crippen LogP contribution is -2.13. The Morgan fingerprint density at radius 1 is 0.914 bits per heavy atom. The second kappa shape index (κ2) is 11.6. The fourth-order valence-electron chi connectivity index (χ4n) is 3.43. The number of hydrogen-bond donors (Lipinski definition) is 3. The van der Waals surface area contributed by atoms with E-state index in [9.17, 15) is 4.79 Å². The van der Waals surface area contributed by atoms with Crippen LogP contribution >= 0.6 is 0 Å². The quantitative estimate of drug-likeness (QED) is 0.266. The summed E-state index contributed by atoms with van der Waals surface area (Å²) < 4.78 is 11.7. The summed E-state index contributed by atoms with van der Waals surface area (Å²) in [5, 5.41) is 6.24. The van der Waals surface area contributed by atoms with Gasteiger partial charge >= 0.3 is 0 Å². The van der Waals surface area contributed by atoms with Gasteiger partial charge in [-0.25, -0.2) is 0 Å². The topological polar surface area (TPSA) is 98.5 Å². The number of aromatic nitrogens is 1. The van der Waals surface area contributed by atoms with Crippen molar-refractivity contribution in [3.63, 3.8) is 0 Å². The molecule has 0 saturated carbocycles. The molecule has 4 rings (SSSR count). The molecule has 1 aromatic heterocycles. The van der Waals surface area contributed by atoms with Crippen molar-refractivity contribution in [2.24, 2.45) is 0 Å². The molecule has 0 radical (unpaired) electrons. The number of ether oxygens (including phenoxy) is 2. The maximum absolute atomic E-state index is 12.5. The molecule has 0 bridgehead atoms.